The van der Waals surface area contributed by atoms with Gasteiger partial charge >= 0.3 is 0 Å². The Morgan fingerprint density at radius 3 is 2.38 bits per heavy atom. The van der Waals surface area contributed by atoms with Crippen LogP contribution in [-0.2, 0) is 4.79 Å². The molecule has 94 valence electrons. The molecule has 0 radical (unpaired) electrons. The number of rotatable bonds is 5. The quantitative estimate of drug-likeness (QED) is 0.669. The van der Waals surface area contributed by atoms with Crippen molar-refractivity contribution in [1.29, 1.82) is 0 Å². The average Bonchev–Trinajstić information content (AvgIpc) is 2.29. The van der Waals surface area contributed by atoms with Crippen molar-refractivity contribution in [3.8, 4) is 0 Å². The van der Waals surface area contributed by atoms with Gasteiger partial charge in [-0.2, -0.15) is 0 Å². The number of likely N-dealkylation sites (N-methyl/N-ethyl adjacent to an activating group) is 1. The van der Waals surface area contributed by atoms with Crippen LogP contribution in [0.1, 0.15) is 39.5 Å². The fraction of sp³-hybridized carbons (Fsp3) is 0.923. The highest BCUT2D eigenvalue weighted by molar-refractivity contribution is 5.78. The van der Waals surface area contributed by atoms with Gasteiger partial charge in [0.2, 0.25) is 5.91 Å². The summed E-state index contributed by atoms with van der Waals surface area (Å²) >= 11 is 0. The first-order valence-corrected chi connectivity index (χ1v) is 6.62. The Balaban J connectivity index is 2.27. The van der Waals surface area contributed by atoms with Crippen LogP contribution >= 0.6 is 0 Å². The van der Waals surface area contributed by atoms with E-state index < -0.39 is 0 Å². The van der Waals surface area contributed by atoms with Gasteiger partial charge in [0, 0.05) is 32.1 Å². The smallest absolute Gasteiger partial charge is 0.225 e. The molecule has 1 aliphatic heterocycles. The molecule has 0 aromatic rings. The average molecular weight is 226 g/mol. The molecule has 0 spiro atoms. The monoisotopic (exact) mass is 226 g/mol. The molecular formula is C13H26N2O. The SMILES string of the molecule is CCCCC[C@H](C)C(=O)N1CCN(C)CC1. The molecule has 0 aromatic carbocycles. The molecule has 0 saturated carbocycles. The molecule has 3 nitrogen and oxygen atoms in total. The molecule has 0 unspecified atom stereocenters. The molecule has 1 heterocycles. The molecule has 3 heteroatoms. The van der Waals surface area contributed by atoms with E-state index in [1.165, 1.54) is 19.3 Å². The van der Waals surface area contributed by atoms with Gasteiger partial charge < -0.3 is 9.80 Å². The Bertz CT molecular complexity index is 210. The van der Waals surface area contributed by atoms with E-state index in [1.807, 2.05) is 4.90 Å². The Hall–Kier alpha value is -0.570. The third kappa shape index (κ3) is 4.12. The van der Waals surface area contributed by atoms with E-state index in [9.17, 15) is 4.79 Å². The van der Waals surface area contributed by atoms with Gasteiger partial charge in [-0.3, -0.25) is 4.79 Å². The Morgan fingerprint density at radius 2 is 1.81 bits per heavy atom. The van der Waals surface area contributed by atoms with Crippen LogP contribution in [0.4, 0.5) is 0 Å². The number of amides is 1. The first-order chi connectivity index (χ1) is 7.65. The van der Waals surface area contributed by atoms with E-state index in [-0.39, 0.29) is 5.92 Å². The standard InChI is InChI=1S/C13H26N2O/c1-4-5-6-7-12(2)13(16)15-10-8-14(3)9-11-15/h12H,4-11H2,1-3H3/t12-/m0/s1. The van der Waals surface area contributed by atoms with E-state index in [0.717, 1.165) is 32.6 Å². The van der Waals surface area contributed by atoms with Crippen LogP contribution in [0.3, 0.4) is 0 Å². The van der Waals surface area contributed by atoms with E-state index in [1.54, 1.807) is 0 Å². The minimum Gasteiger partial charge on any atom is -0.340 e. The summed E-state index contributed by atoms with van der Waals surface area (Å²) in [7, 11) is 2.12. The number of carbonyl (C=O) groups excluding carboxylic acids is 1. The van der Waals surface area contributed by atoms with E-state index in [2.05, 4.69) is 25.8 Å². The molecule has 16 heavy (non-hydrogen) atoms. The van der Waals surface area contributed by atoms with Crippen LogP contribution in [0.2, 0.25) is 0 Å². The number of nitrogens with zero attached hydrogens (tertiary/aromatic N) is 2. The third-order valence-electron chi connectivity index (χ3n) is 3.48. The lowest BCUT2D eigenvalue weighted by Crippen LogP contribution is -2.48. The molecule has 0 aromatic heterocycles. The van der Waals surface area contributed by atoms with Crippen molar-refractivity contribution >= 4 is 5.91 Å². The lowest BCUT2D eigenvalue weighted by molar-refractivity contribution is -0.136. The summed E-state index contributed by atoms with van der Waals surface area (Å²) in [5.41, 5.74) is 0. The summed E-state index contributed by atoms with van der Waals surface area (Å²) in [6.07, 6.45) is 4.73. The maximum absolute atomic E-state index is 12.1. The Kier molecular flexibility index (Phi) is 5.81. The highest BCUT2D eigenvalue weighted by Crippen LogP contribution is 2.13. The van der Waals surface area contributed by atoms with Crippen molar-refractivity contribution in [2.45, 2.75) is 39.5 Å². The first kappa shape index (κ1) is 13.5. The zero-order chi connectivity index (χ0) is 12.0. The predicted octanol–water partition coefficient (Wildman–Crippen LogP) is 1.98. The fourth-order valence-electron chi connectivity index (χ4n) is 2.16. The predicted molar refractivity (Wildman–Crippen MR) is 67.4 cm³/mol. The van der Waals surface area contributed by atoms with Gasteiger partial charge in [-0.25, -0.2) is 0 Å². The Labute approximate surface area is 99.8 Å². The van der Waals surface area contributed by atoms with Crippen LogP contribution in [0.15, 0.2) is 0 Å². The summed E-state index contributed by atoms with van der Waals surface area (Å²) in [6.45, 7) is 8.14. The zero-order valence-electron chi connectivity index (χ0n) is 11.0. The lowest BCUT2D eigenvalue weighted by atomic mass is 10.0. The van der Waals surface area contributed by atoms with Crippen LogP contribution < -0.4 is 0 Å². The highest BCUT2D eigenvalue weighted by atomic mass is 16.2. The van der Waals surface area contributed by atoms with Gasteiger partial charge in [-0.15, -0.1) is 0 Å². The normalized spacial score (nSPS) is 19.8. The maximum Gasteiger partial charge on any atom is 0.225 e. The third-order valence-corrected chi connectivity index (χ3v) is 3.48. The summed E-state index contributed by atoms with van der Waals surface area (Å²) in [5.74, 6) is 0.583. The second-order valence-corrected chi connectivity index (χ2v) is 5.03. The van der Waals surface area contributed by atoms with Crippen molar-refractivity contribution in [3.05, 3.63) is 0 Å². The number of piperazine rings is 1. The summed E-state index contributed by atoms with van der Waals surface area (Å²) in [5, 5.41) is 0. The summed E-state index contributed by atoms with van der Waals surface area (Å²) in [6, 6.07) is 0. The largest absolute Gasteiger partial charge is 0.340 e. The molecule has 0 N–H and O–H groups in total. The summed E-state index contributed by atoms with van der Waals surface area (Å²) in [4.78, 5) is 16.4. The number of carbonyl (C=O) groups is 1. The van der Waals surface area contributed by atoms with Crippen LogP contribution in [0.5, 0.6) is 0 Å². The second kappa shape index (κ2) is 6.89. The first-order valence-electron chi connectivity index (χ1n) is 6.62. The van der Waals surface area contributed by atoms with Crippen LogP contribution in [-0.4, -0.2) is 48.9 Å². The van der Waals surface area contributed by atoms with Gasteiger partial charge in [0.25, 0.3) is 0 Å². The molecule has 1 aliphatic rings. The molecule has 1 atom stereocenters. The molecular weight excluding hydrogens is 200 g/mol. The van der Waals surface area contributed by atoms with E-state index in [0.29, 0.717) is 5.91 Å². The summed E-state index contributed by atoms with van der Waals surface area (Å²) < 4.78 is 0. The van der Waals surface area contributed by atoms with Crippen molar-refractivity contribution in [2.75, 3.05) is 33.2 Å². The van der Waals surface area contributed by atoms with E-state index in [4.69, 9.17) is 0 Å². The highest BCUT2D eigenvalue weighted by Gasteiger charge is 2.22. The van der Waals surface area contributed by atoms with Gasteiger partial charge in [-0.1, -0.05) is 33.1 Å². The molecule has 1 saturated heterocycles. The van der Waals surface area contributed by atoms with Gasteiger partial charge in [0.15, 0.2) is 0 Å². The Morgan fingerprint density at radius 1 is 1.19 bits per heavy atom. The van der Waals surface area contributed by atoms with Gasteiger partial charge in [0.05, 0.1) is 0 Å². The minimum absolute atomic E-state index is 0.218. The van der Waals surface area contributed by atoms with Crippen molar-refractivity contribution < 1.29 is 4.79 Å². The fourth-order valence-corrected chi connectivity index (χ4v) is 2.16. The van der Waals surface area contributed by atoms with Crippen LogP contribution in [0, 0.1) is 5.92 Å². The molecule has 0 bridgehead atoms. The van der Waals surface area contributed by atoms with E-state index >= 15 is 0 Å². The topological polar surface area (TPSA) is 23.6 Å². The number of hydrogen-bond acceptors (Lipinski definition) is 2. The van der Waals surface area contributed by atoms with Crippen molar-refractivity contribution in [3.63, 3.8) is 0 Å². The second-order valence-electron chi connectivity index (χ2n) is 5.03. The zero-order valence-corrected chi connectivity index (χ0v) is 11.0. The van der Waals surface area contributed by atoms with Gasteiger partial charge in [-0.05, 0) is 13.5 Å². The van der Waals surface area contributed by atoms with Crippen molar-refractivity contribution in [1.82, 2.24) is 9.80 Å². The number of unbranched alkanes of at least 4 members (excludes halogenated alkanes) is 2. The molecule has 1 fully saturated rings. The van der Waals surface area contributed by atoms with Crippen molar-refractivity contribution in [2.24, 2.45) is 5.92 Å². The number of hydrogen-bond donors (Lipinski definition) is 0. The maximum atomic E-state index is 12.1. The molecule has 1 amide bonds. The van der Waals surface area contributed by atoms with Crippen LogP contribution in [0.25, 0.3) is 0 Å². The molecule has 1 rings (SSSR count). The lowest BCUT2D eigenvalue weighted by Gasteiger charge is -2.34. The molecule has 0 aliphatic carbocycles. The minimum atomic E-state index is 0.218. The van der Waals surface area contributed by atoms with Gasteiger partial charge in [0.1, 0.15) is 0 Å².